The molecule has 2 nitrogen and oxygen atoms in total. The molecule has 1 N–H and O–H groups in total. The highest BCUT2D eigenvalue weighted by molar-refractivity contribution is 4.88. The van der Waals surface area contributed by atoms with Gasteiger partial charge in [-0.1, -0.05) is 13.8 Å². The zero-order valence-corrected chi connectivity index (χ0v) is 7.63. The maximum absolute atomic E-state index is 8.79. The lowest BCUT2D eigenvalue weighted by molar-refractivity contribution is 0.0788. The molecule has 1 aliphatic rings. The Labute approximate surface area is 68.6 Å². The van der Waals surface area contributed by atoms with Crippen molar-refractivity contribution < 1.29 is 9.84 Å². The molecule has 0 unspecified atom stereocenters. The second-order valence-corrected chi connectivity index (χ2v) is 4.01. The van der Waals surface area contributed by atoms with Gasteiger partial charge in [0.2, 0.25) is 0 Å². The van der Waals surface area contributed by atoms with E-state index in [1.165, 1.54) is 0 Å². The molecule has 11 heavy (non-hydrogen) atoms. The molecule has 0 aromatic heterocycles. The third-order valence-electron chi connectivity index (χ3n) is 3.12. The van der Waals surface area contributed by atoms with E-state index in [9.17, 15) is 0 Å². The monoisotopic (exact) mass is 158 g/mol. The number of hydrogen-bond donors (Lipinski definition) is 1. The molecule has 0 aromatic carbocycles. The third kappa shape index (κ3) is 1.57. The zero-order valence-electron chi connectivity index (χ0n) is 7.63. The van der Waals surface area contributed by atoms with Crippen molar-refractivity contribution >= 4 is 0 Å². The molecule has 1 heterocycles. The average molecular weight is 158 g/mol. The van der Waals surface area contributed by atoms with E-state index >= 15 is 0 Å². The van der Waals surface area contributed by atoms with Crippen LogP contribution >= 0.6 is 0 Å². The Morgan fingerprint density at radius 3 is 2.55 bits per heavy atom. The van der Waals surface area contributed by atoms with Crippen molar-refractivity contribution in [2.45, 2.75) is 33.3 Å². The first kappa shape index (κ1) is 9.01. The second kappa shape index (κ2) is 3.11. The van der Waals surface area contributed by atoms with Gasteiger partial charge in [-0.15, -0.1) is 0 Å². The van der Waals surface area contributed by atoms with Crippen LogP contribution in [0.1, 0.15) is 27.2 Å². The van der Waals surface area contributed by atoms with Gasteiger partial charge in [-0.2, -0.15) is 0 Å². The highest BCUT2D eigenvalue weighted by Gasteiger charge is 2.40. The summed E-state index contributed by atoms with van der Waals surface area (Å²) in [6.45, 7) is 7.63. The van der Waals surface area contributed by atoms with Gasteiger partial charge in [0.1, 0.15) is 0 Å². The van der Waals surface area contributed by atoms with E-state index in [-0.39, 0.29) is 12.0 Å². The Kier molecular flexibility index (Phi) is 2.55. The fraction of sp³-hybridized carbons (Fsp3) is 1.00. The standard InChI is InChI=1S/C9H18O2/c1-7-9(2,3)8(4-5-10)6-11-7/h7-8,10H,4-6H2,1-3H3/t7-,8-/m1/s1. The van der Waals surface area contributed by atoms with E-state index in [4.69, 9.17) is 9.84 Å². The summed E-state index contributed by atoms with van der Waals surface area (Å²) in [4.78, 5) is 0. The zero-order chi connectivity index (χ0) is 8.48. The third-order valence-corrected chi connectivity index (χ3v) is 3.12. The van der Waals surface area contributed by atoms with Gasteiger partial charge in [0.05, 0.1) is 12.7 Å². The van der Waals surface area contributed by atoms with Crippen LogP contribution in [0.2, 0.25) is 0 Å². The molecule has 0 bridgehead atoms. The maximum atomic E-state index is 8.79. The van der Waals surface area contributed by atoms with Gasteiger partial charge in [0.25, 0.3) is 0 Å². The molecular formula is C9H18O2. The van der Waals surface area contributed by atoms with E-state index in [0.29, 0.717) is 12.0 Å². The van der Waals surface area contributed by atoms with E-state index in [2.05, 4.69) is 20.8 Å². The fourth-order valence-corrected chi connectivity index (χ4v) is 1.63. The smallest absolute Gasteiger partial charge is 0.0601 e. The van der Waals surface area contributed by atoms with Crippen LogP contribution in [-0.2, 0) is 4.74 Å². The SMILES string of the molecule is C[C@H]1OC[C@@H](CCO)C1(C)C. The molecule has 0 saturated carbocycles. The van der Waals surface area contributed by atoms with Crippen LogP contribution in [0.3, 0.4) is 0 Å². The predicted octanol–water partition coefficient (Wildman–Crippen LogP) is 1.43. The summed E-state index contributed by atoms with van der Waals surface area (Å²) < 4.78 is 5.52. The molecule has 2 atom stereocenters. The minimum atomic E-state index is 0.239. The van der Waals surface area contributed by atoms with E-state index in [1.807, 2.05) is 0 Å². The quantitative estimate of drug-likeness (QED) is 0.658. The summed E-state index contributed by atoms with van der Waals surface area (Å²) in [7, 11) is 0. The van der Waals surface area contributed by atoms with Crippen LogP contribution in [0.25, 0.3) is 0 Å². The van der Waals surface area contributed by atoms with Crippen molar-refractivity contribution in [2.24, 2.45) is 11.3 Å². The van der Waals surface area contributed by atoms with Crippen molar-refractivity contribution in [3.05, 3.63) is 0 Å². The van der Waals surface area contributed by atoms with Crippen LogP contribution in [-0.4, -0.2) is 24.4 Å². The number of aliphatic hydroxyl groups excluding tert-OH is 1. The topological polar surface area (TPSA) is 29.5 Å². The molecule has 1 rings (SSSR count). The minimum Gasteiger partial charge on any atom is -0.396 e. The summed E-state index contributed by atoms with van der Waals surface area (Å²) in [5.74, 6) is 0.530. The van der Waals surface area contributed by atoms with E-state index in [1.54, 1.807) is 0 Å². The molecule has 66 valence electrons. The Hall–Kier alpha value is -0.0800. The van der Waals surface area contributed by atoms with Crippen LogP contribution in [0.4, 0.5) is 0 Å². The lowest BCUT2D eigenvalue weighted by atomic mass is 9.76. The van der Waals surface area contributed by atoms with E-state index < -0.39 is 0 Å². The van der Waals surface area contributed by atoms with Crippen LogP contribution in [0.5, 0.6) is 0 Å². The van der Waals surface area contributed by atoms with Crippen LogP contribution in [0.15, 0.2) is 0 Å². The highest BCUT2D eigenvalue weighted by atomic mass is 16.5. The largest absolute Gasteiger partial charge is 0.396 e. The molecule has 1 fully saturated rings. The van der Waals surface area contributed by atoms with Gasteiger partial charge >= 0.3 is 0 Å². The van der Waals surface area contributed by atoms with Crippen molar-refractivity contribution in [1.82, 2.24) is 0 Å². The maximum Gasteiger partial charge on any atom is 0.0601 e. The van der Waals surface area contributed by atoms with Crippen molar-refractivity contribution in [3.63, 3.8) is 0 Å². The van der Waals surface area contributed by atoms with Gasteiger partial charge < -0.3 is 9.84 Å². The molecular weight excluding hydrogens is 140 g/mol. The number of ether oxygens (including phenoxy) is 1. The predicted molar refractivity (Wildman–Crippen MR) is 44.4 cm³/mol. The van der Waals surface area contributed by atoms with Crippen LogP contribution in [0, 0.1) is 11.3 Å². The van der Waals surface area contributed by atoms with E-state index in [0.717, 1.165) is 13.0 Å². The molecule has 0 radical (unpaired) electrons. The molecule has 0 aromatic rings. The summed E-state index contributed by atoms with van der Waals surface area (Å²) in [6.07, 6.45) is 1.20. The van der Waals surface area contributed by atoms with Gasteiger partial charge in [-0.3, -0.25) is 0 Å². The first-order valence-electron chi connectivity index (χ1n) is 4.31. The molecule has 0 spiro atoms. The lowest BCUT2D eigenvalue weighted by Gasteiger charge is -2.28. The van der Waals surface area contributed by atoms with Crippen molar-refractivity contribution in [3.8, 4) is 0 Å². The van der Waals surface area contributed by atoms with Gasteiger partial charge in [0.15, 0.2) is 0 Å². The number of aliphatic hydroxyl groups is 1. The Morgan fingerprint density at radius 2 is 2.18 bits per heavy atom. The van der Waals surface area contributed by atoms with Crippen molar-refractivity contribution in [1.29, 1.82) is 0 Å². The van der Waals surface area contributed by atoms with Gasteiger partial charge in [-0.25, -0.2) is 0 Å². The van der Waals surface area contributed by atoms with Crippen LogP contribution < -0.4 is 0 Å². The normalized spacial score (nSPS) is 36.0. The van der Waals surface area contributed by atoms with Gasteiger partial charge in [0, 0.05) is 6.61 Å². The Balaban J connectivity index is 2.55. The summed E-state index contributed by atoms with van der Waals surface area (Å²) in [5.41, 5.74) is 0.239. The summed E-state index contributed by atoms with van der Waals surface area (Å²) in [6, 6.07) is 0. The first-order chi connectivity index (χ1) is 5.09. The number of rotatable bonds is 2. The molecule has 1 saturated heterocycles. The Bertz CT molecular complexity index is 130. The van der Waals surface area contributed by atoms with Crippen molar-refractivity contribution in [2.75, 3.05) is 13.2 Å². The average Bonchev–Trinajstić information content (AvgIpc) is 2.16. The van der Waals surface area contributed by atoms with Gasteiger partial charge in [-0.05, 0) is 24.7 Å². The molecule has 2 heteroatoms. The number of hydrogen-bond acceptors (Lipinski definition) is 2. The Morgan fingerprint density at radius 1 is 1.55 bits per heavy atom. The molecule has 1 aliphatic heterocycles. The summed E-state index contributed by atoms with van der Waals surface area (Å²) in [5, 5.41) is 8.79. The highest BCUT2D eigenvalue weighted by Crippen LogP contribution is 2.40. The lowest BCUT2D eigenvalue weighted by Crippen LogP contribution is -2.28. The second-order valence-electron chi connectivity index (χ2n) is 4.01. The minimum absolute atomic E-state index is 0.239. The molecule has 0 aliphatic carbocycles. The first-order valence-corrected chi connectivity index (χ1v) is 4.31. The summed E-state index contributed by atoms with van der Waals surface area (Å²) >= 11 is 0. The fourth-order valence-electron chi connectivity index (χ4n) is 1.63. The molecule has 0 amide bonds.